The zero-order valence-corrected chi connectivity index (χ0v) is 13.8. The van der Waals surface area contributed by atoms with Gasteiger partial charge in [0.2, 0.25) is 0 Å². The highest BCUT2D eigenvalue weighted by Gasteiger charge is 2.31. The number of hydrogen-bond donors (Lipinski definition) is 2. The van der Waals surface area contributed by atoms with Crippen LogP contribution in [0.1, 0.15) is 64.4 Å². The predicted octanol–water partition coefficient (Wildman–Crippen LogP) is 4.32. The molecule has 3 unspecified atom stereocenters. The van der Waals surface area contributed by atoms with E-state index in [-0.39, 0.29) is 0 Å². The lowest BCUT2D eigenvalue weighted by molar-refractivity contribution is 0.343. The maximum atomic E-state index is 6.22. The van der Waals surface area contributed by atoms with Crippen LogP contribution in [0, 0.1) is 11.8 Å². The van der Waals surface area contributed by atoms with Crippen LogP contribution in [-0.4, -0.2) is 16.0 Å². The SMILES string of the molecule is CCCCc1nc(Cl)c(CNC2CCC(CC)C2C)[nH]1. The highest BCUT2D eigenvalue weighted by atomic mass is 35.5. The molecule has 20 heavy (non-hydrogen) atoms. The van der Waals surface area contributed by atoms with E-state index in [9.17, 15) is 0 Å². The van der Waals surface area contributed by atoms with Crippen LogP contribution in [0.25, 0.3) is 0 Å². The van der Waals surface area contributed by atoms with Crippen molar-refractivity contribution in [1.29, 1.82) is 0 Å². The summed E-state index contributed by atoms with van der Waals surface area (Å²) in [5.74, 6) is 2.67. The van der Waals surface area contributed by atoms with E-state index >= 15 is 0 Å². The summed E-state index contributed by atoms with van der Waals surface area (Å²) in [6.45, 7) is 7.68. The van der Waals surface area contributed by atoms with Gasteiger partial charge in [-0.3, -0.25) is 0 Å². The third kappa shape index (κ3) is 3.76. The van der Waals surface area contributed by atoms with E-state index in [2.05, 4.69) is 36.1 Å². The van der Waals surface area contributed by atoms with Crippen LogP contribution in [0.4, 0.5) is 0 Å². The minimum Gasteiger partial charge on any atom is -0.344 e. The van der Waals surface area contributed by atoms with Crippen LogP contribution in [0.2, 0.25) is 5.15 Å². The molecule has 0 radical (unpaired) electrons. The van der Waals surface area contributed by atoms with Crippen molar-refractivity contribution in [2.45, 2.75) is 71.9 Å². The molecule has 0 amide bonds. The Bertz CT molecular complexity index is 416. The average molecular weight is 298 g/mol. The summed E-state index contributed by atoms with van der Waals surface area (Å²) in [5.41, 5.74) is 1.05. The number of rotatable bonds is 7. The maximum absolute atomic E-state index is 6.22. The van der Waals surface area contributed by atoms with Crippen molar-refractivity contribution in [2.24, 2.45) is 11.8 Å². The lowest BCUT2D eigenvalue weighted by Crippen LogP contribution is -2.32. The number of nitrogens with one attached hydrogen (secondary N) is 2. The van der Waals surface area contributed by atoms with Crippen molar-refractivity contribution in [2.75, 3.05) is 0 Å². The van der Waals surface area contributed by atoms with Gasteiger partial charge in [0.15, 0.2) is 5.15 Å². The molecule has 1 saturated carbocycles. The van der Waals surface area contributed by atoms with Crippen molar-refractivity contribution in [3.63, 3.8) is 0 Å². The number of nitrogens with zero attached hydrogens (tertiary/aromatic N) is 1. The molecule has 0 saturated heterocycles. The van der Waals surface area contributed by atoms with Gasteiger partial charge >= 0.3 is 0 Å². The molecule has 3 nitrogen and oxygen atoms in total. The second kappa shape index (κ2) is 7.46. The molecule has 1 aromatic rings. The lowest BCUT2D eigenvalue weighted by atomic mass is 9.93. The second-order valence-corrected chi connectivity index (χ2v) is 6.51. The van der Waals surface area contributed by atoms with Gasteiger partial charge in [-0.25, -0.2) is 4.98 Å². The Labute approximate surface area is 127 Å². The summed E-state index contributed by atoms with van der Waals surface area (Å²) in [6, 6.07) is 0.624. The van der Waals surface area contributed by atoms with E-state index in [0.29, 0.717) is 11.2 Å². The van der Waals surface area contributed by atoms with Crippen LogP contribution in [0.5, 0.6) is 0 Å². The molecular formula is C16H28ClN3. The second-order valence-electron chi connectivity index (χ2n) is 6.15. The molecule has 2 rings (SSSR count). The van der Waals surface area contributed by atoms with Crippen LogP contribution >= 0.6 is 11.6 Å². The molecule has 3 atom stereocenters. The third-order valence-electron chi connectivity index (χ3n) is 4.84. The van der Waals surface area contributed by atoms with Crippen molar-refractivity contribution < 1.29 is 0 Å². The van der Waals surface area contributed by atoms with Crippen molar-refractivity contribution >= 4 is 11.6 Å². The number of hydrogen-bond acceptors (Lipinski definition) is 2. The summed E-state index contributed by atoms with van der Waals surface area (Å²) in [5, 5.41) is 4.31. The number of aromatic amines is 1. The highest BCUT2D eigenvalue weighted by Crippen LogP contribution is 2.34. The van der Waals surface area contributed by atoms with Crippen molar-refractivity contribution in [3.8, 4) is 0 Å². The Hall–Kier alpha value is -0.540. The van der Waals surface area contributed by atoms with Gasteiger partial charge in [-0.2, -0.15) is 0 Å². The smallest absolute Gasteiger partial charge is 0.151 e. The third-order valence-corrected chi connectivity index (χ3v) is 5.15. The number of unbranched alkanes of at least 4 members (excludes halogenated alkanes) is 1. The summed E-state index contributed by atoms with van der Waals surface area (Å²) in [7, 11) is 0. The van der Waals surface area contributed by atoms with Crippen LogP contribution in [-0.2, 0) is 13.0 Å². The minimum atomic E-state index is 0.624. The Balaban J connectivity index is 1.86. The Morgan fingerprint density at radius 3 is 2.80 bits per heavy atom. The number of aryl methyl sites for hydroxylation is 1. The van der Waals surface area contributed by atoms with Crippen LogP contribution < -0.4 is 5.32 Å². The van der Waals surface area contributed by atoms with Gasteiger partial charge in [-0.1, -0.05) is 45.2 Å². The normalized spacial score (nSPS) is 26.3. The van der Waals surface area contributed by atoms with Crippen molar-refractivity contribution in [1.82, 2.24) is 15.3 Å². The van der Waals surface area contributed by atoms with Gasteiger partial charge in [-0.15, -0.1) is 0 Å². The zero-order chi connectivity index (χ0) is 14.5. The molecule has 0 spiro atoms. The van der Waals surface area contributed by atoms with E-state index in [1.165, 1.54) is 25.7 Å². The molecule has 1 heterocycles. The predicted molar refractivity (Wildman–Crippen MR) is 85.0 cm³/mol. The Morgan fingerprint density at radius 1 is 1.35 bits per heavy atom. The van der Waals surface area contributed by atoms with Crippen LogP contribution in [0.3, 0.4) is 0 Å². The largest absolute Gasteiger partial charge is 0.344 e. The number of imidazole rings is 1. The van der Waals surface area contributed by atoms with E-state index in [4.69, 9.17) is 11.6 Å². The van der Waals surface area contributed by atoms with E-state index in [1.807, 2.05) is 0 Å². The molecular weight excluding hydrogens is 270 g/mol. The fourth-order valence-electron chi connectivity index (χ4n) is 3.36. The zero-order valence-electron chi connectivity index (χ0n) is 13.0. The first-order valence-corrected chi connectivity index (χ1v) is 8.50. The standard InChI is InChI=1S/C16H28ClN3/c1-4-6-7-15-19-14(16(17)20-15)10-18-13-9-8-12(5-2)11(13)3/h11-13,18H,4-10H2,1-3H3,(H,19,20). The van der Waals surface area contributed by atoms with E-state index < -0.39 is 0 Å². The molecule has 0 aliphatic heterocycles. The molecule has 1 aliphatic carbocycles. The summed E-state index contributed by atoms with van der Waals surface area (Å²) in [4.78, 5) is 7.79. The fraction of sp³-hybridized carbons (Fsp3) is 0.812. The van der Waals surface area contributed by atoms with E-state index in [0.717, 1.165) is 42.7 Å². The molecule has 1 fully saturated rings. The first-order chi connectivity index (χ1) is 9.65. The van der Waals surface area contributed by atoms with Gasteiger partial charge in [0, 0.05) is 19.0 Å². The molecule has 2 N–H and O–H groups in total. The molecule has 1 aliphatic rings. The first kappa shape index (κ1) is 15.8. The molecule has 0 bridgehead atoms. The Morgan fingerprint density at radius 2 is 2.15 bits per heavy atom. The summed E-state index contributed by atoms with van der Waals surface area (Å²) in [6.07, 6.45) is 7.28. The fourth-order valence-corrected chi connectivity index (χ4v) is 3.58. The van der Waals surface area contributed by atoms with Gasteiger partial charge in [-0.05, 0) is 31.1 Å². The van der Waals surface area contributed by atoms with Crippen molar-refractivity contribution in [3.05, 3.63) is 16.7 Å². The lowest BCUT2D eigenvalue weighted by Gasteiger charge is -2.20. The number of halogens is 1. The molecule has 0 aromatic carbocycles. The topological polar surface area (TPSA) is 40.7 Å². The number of aromatic nitrogens is 2. The Kier molecular flexibility index (Phi) is 5.91. The number of H-pyrrole nitrogens is 1. The monoisotopic (exact) mass is 297 g/mol. The van der Waals surface area contributed by atoms with Gasteiger partial charge in [0.25, 0.3) is 0 Å². The minimum absolute atomic E-state index is 0.624. The summed E-state index contributed by atoms with van der Waals surface area (Å²) >= 11 is 6.22. The van der Waals surface area contributed by atoms with Gasteiger partial charge < -0.3 is 10.3 Å². The molecule has 1 aromatic heterocycles. The average Bonchev–Trinajstić information content (AvgIpc) is 2.97. The maximum Gasteiger partial charge on any atom is 0.151 e. The molecule has 114 valence electrons. The summed E-state index contributed by atoms with van der Waals surface area (Å²) < 4.78 is 0. The highest BCUT2D eigenvalue weighted by molar-refractivity contribution is 6.30. The van der Waals surface area contributed by atoms with Gasteiger partial charge in [0.05, 0.1) is 5.69 Å². The first-order valence-electron chi connectivity index (χ1n) is 8.12. The van der Waals surface area contributed by atoms with Gasteiger partial charge in [0.1, 0.15) is 5.82 Å². The van der Waals surface area contributed by atoms with Crippen LogP contribution in [0.15, 0.2) is 0 Å². The quantitative estimate of drug-likeness (QED) is 0.787. The molecule has 4 heteroatoms. The van der Waals surface area contributed by atoms with E-state index in [1.54, 1.807) is 0 Å².